The standard InChI is InChI=1S/C16H18N6OS/c1-10-7-11(2)22(21-10)14-8-13(18-15(23)9-17-3)19-16(20-14)12-5-4-6-24-12/h4-8,17H,9H2,1-3H3,(H,18,19,20,23). The lowest BCUT2D eigenvalue weighted by Gasteiger charge is -2.10. The highest BCUT2D eigenvalue weighted by Crippen LogP contribution is 2.24. The third-order valence-electron chi connectivity index (χ3n) is 3.29. The number of anilines is 1. The van der Waals surface area contributed by atoms with Crippen LogP contribution in [0, 0.1) is 13.8 Å². The smallest absolute Gasteiger partial charge is 0.239 e. The molecule has 2 N–H and O–H groups in total. The minimum absolute atomic E-state index is 0.160. The van der Waals surface area contributed by atoms with Gasteiger partial charge in [0, 0.05) is 11.8 Å². The Morgan fingerprint density at radius 1 is 1.29 bits per heavy atom. The molecular formula is C16H18N6OS. The van der Waals surface area contributed by atoms with Crippen LogP contribution in [0.2, 0.25) is 0 Å². The van der Waals surface area contributed by atoms with Crippen LogP contribution in [0.25, 0.3) is 16.5 Å². The van der Waals surface area contributed by atoms with Crippen LogP contribution >= 0.6 is 11.3 Å². The van der Waals surface area contributed by atoms with E-state index in [1.165, 1.54) is 0 Å². The number of rotatable bonds is 5. The van der Waals surface area contributed by atoms with Crippen LogP contribution in [0.15, 0.2) is 29.6 Å². The number of nitrogens with zero attached hydrogens (tertiary/aromatic N) is 4. The van der Waals surface area contributed by atoms with Crippen molar-refractivity contribution in [3.05, 3.63) is 41.0 Å². The predicted octanol–water partition coefficient (Wildman–Crippen LogP) is 2.17. The third-order valence-corrected chi connectivity index (χ3v) is 4.15. The molecule has 24 heavy (non-hydrogen) atoms. The number of hydrogen-bond acceptors (Lipinski definition) is 6. The van der Waals surface area contributed by atoms with Gasteiger partial charge in [-0.05, 0) is 38.4 Å². The minimum Gasteiger partial charge on any atom is -0.311 e. The van der Waals surface area contributed by atoms with Crippen LogP contribution in [0.3, 0.4) is 0 Å². The first-order valence-corrected chi connectivity index (χ1v) is 8.36. The summed E-state index contributed by atoms with van der Waals surface area (Å²) in [5.41, 5.74) is 1.88. The second kappa shape index (κ2) is 6.90. The Morgan fingerprint density at radius 3 is 2.75 bits per heavy atom. The third kappa shape index (κ3) is 3.50. The van der Waals surface area contributed by atoms with Crippen molar-refractivity contribution >= 4 is 23.1 Å². The van der Waals surface area contributed by atoms with Crippen LogP contribution in [0.1, 0.15) is 11.4 Å². The molecule has 0 aliphatic carbocycles. The molecule has 8 heteroatoms. The van der Waals surface area contributed by atoms with Crippen molar-refractivity contribution < 1.29 is 4.79 Å². The lowest BCUT2D eigenvalue weighted by molar-refractivity contribution is -0.115. The van der Waals surface area contributed by atoms with Crippen molar-refractivity contribution in [2.45, 2.75) is 13.8 Å². The zero-order chi connectivity index (χ0) is 17.1. The number of aromatic nitrogens is 4. The Kier molecular flexibility index (Phi) is 4.68. The highest BCUT2D eigenvalue weighted by Gasteiger charge is 2.13. The van der Waals surface area contributed by atoms with E-state index in [9.17, 15) is 4.79 Å². The summed E-state index contributed by atoms with van der Waals surface area (Å²) >= 11 is 1.55. The second-order valence-corrected chi connectivity index (χ2v) is 6.28. The summed E-state index contributed by atoms with van der Waals surface area (Å²) in [6.07, 6.45) is 0. The molecule has 124 valence electrons. The van der Waals surface area contributed by atoms with E-state index in [0.29, 0.717) is 17.5 Å². The highest BCUT2D eigenvalue weighted by atomic mass is 32.1. The van der Waals surface area contributed by atoms with Gasteiger partial charge in [-0.25, -0.2) is 14.6 Å². The van der Waals surface area contributed by atoms with Gasteiger partial charge < -0.3 is 10.6 Å². The maximum atomic E-state index is 11.9. The number of hydrogen-bond donors (Lipinski definition) is 2. The van der Waals surface area contributed by atoms with Crippen LogP contribution in [0.4, 0.5) is 5.82 Å². The first kappa shape index (κ1) is 16.3. The molecular weight excluding hydrogens is 324 g/mol. The van der Waals surface area contributed by atoms with Gasteiger partial charge in [-0.1, -0.05) is 6.07 Å². The summed E-state index contributed by atoms with van der Waals surface area (Å²) in [6.45, 7) is 4.11. The number of carbonyl (C=O) groups excluding carboxylic acids is 1. The summed E-state index contributed by atoms with van der Waals surface area (Å²) in [5.74, 6) is 1.48. The Labute approximate surface area is 143 Å². The molecule has 3 aromatic heterocycles. The van der Waals surface area contributed by atoms with E-state index in [-0.39, 0.29) is 12.5 Å². The highest BCUT2D eigenvalue weighted by molar-refractivity contribution is 7.13. The van der Waals surface area contributed by atoms with Crippen LogP contribution in [-0.4, -0.2) is 39.2 Å². The zero-order valence-electron chi connectivity index (χ0n) is 13.7. The maximum absolute atomic E-state index is 11.9. The van der Waals surface area contributed by atoms with Gasteiger partial charge in [0.25, 0.3) is 0 Å². The molecule has 0 aliphatic rings. The normalized spacial score (nSPS) is 10.8. The Morgan fingerprint density at radius 2 is 2.12 bits per heavy atom. The van der Waals surface area contributed by atoms with Gasteiger partial charge in [-0.15, -0.1) is 11.3 Å². The fraction of sp³-hybridized carbons (Fsp3) is 0.250. The van der Waals surface area contributed by atoms with E-state index in [2.05, 4.69) is 25.7 Å². The van der Waals surface area contributed by atoms with Crippen molar-refractivity contribution in [1.82, 2.24) is 25.1 Å². The lowest BCUT2D eigenvalue weighted by Crippen LogP contribution is -2.25. The van der Waals surface area contributed by atoms with Gasteiger partial charge in [-0.2, -0.15) is 5.10 Å². The van der Waals surface area contributed by atoms with Gasteiger partial charge in [0.1, 0.15) is 5.82 Å². The SMILES string of the molecule is CNCC(=O)Nc1cc(-n2nc(C)cc2C)nc(-c2cccs2)n1. The van der Waals surface area contributed by atoms with Gasteiger partial charge in [0.2, 0.25) is 5.91 Å². The minimum atomic E-state index is -0.160. The van der Waals surface area contributed by atoms with Gasteiger partial charge in [-0.3, -0.25) is 4.79 Å². The molecule has 0 aliphatic heterocycles. The summed E-state index contributed by atoms with van der Waals surface area (Å²) in [6, 6.07) is 7.60. The first-order valence-electron chi connectivity index (χ1n) is 7.48. The Bertz CT molecular complexity index is 856. The Hall–Kier alpha value is -2.58. The van der Waals surface area contributed by atoms with E-state index < -0.39 is 0 Å². The molecule has 0 bridgehead atoms. The van der Waals surface area contributed by atoms with Crippen molar-refractivity contribution in [2.75, 3.05) is 18.9 Å². The molecule has 0 unspecified atom stereocenters. The molecule has 3 heterocycles. The van der Waals surface area contributed by atoms with E-state index in [0.717, 1.165) is 16.3 Å². The number of nitrogens with one attached hydrogen (secondary N) is 2. The van der Waals surface area contributed by atoms with Crippen molar-refractivity contribution in [3.63, 3.8) is 0 Å². The number of carbonyl (C=O) groups is 1. The van der Waals surface area contributed by atoms with E-state index >= 15 is 0 Å². The van der Waals surface area contributed by atoms with Crippen molar-refractivity contribution in [1.29, 1.82) is 0 Å². The van der Waals surface area contributed by atoms with E-state index in [1.54, 1.807) is 29.1 Å². The topological polar surface area (TPSA) is 84.7 Å². The summed E-state index contributed by atoms with van der Waals surface area (Å²) in [4.78, 5) is 21.9. The molecule has 0 saturated heterocycles. The lowest BCUT2D eigenvalue weighted by atomic mass is 10.4. The maximum Gasteiger partial charge on any atom is 0.239 e. The van der Waals surface area contributed by atoms with E-state index in [4.69, 9.17) is 0 Å². The fourth-order valence-electron chi connectivity index (χ4n) is 2.33. The van der Waals surface area contributed by atoms with Crippen molar-refractivity contribution in [3.8, 4) is 16.5 Å². The fourth-order valence-corrected chi connectivity index (χ4v) is 2.99. The second-order valence-electron chi connectivity index (χ2n) is 5.33. The van der Waals surface area contributed by atoms with Crippen LogP contribution < -0.4 is 10.6 Å². The summed E-state index contributed by atoms with van der Waals surface area (Å²) in [5, 5.41) is 12.0. The van der Waals surface area contributed by atoms with Gasteiger partial charge in [0.05, 0.1) is 17.1 Å². The molecule has 0 fully saturated rings. The first-order chi connectivity index (χ1) is 11.6. The predicted molar refractivity (Wildman–Crippen MR) is 94.5 cm³/mol. The molecule has 0 atom stereocenters. The zero-order valence-corrected chi connectivity index (χ0v) is 14.5. The van der Waals surface area contributed by atoms with Crippen LogP contribution in [0.5, 0.6) is 0 Å². The van der Waals surface area contributed by atoms with E-state index in [1.807, 2.05) is 37.4 Å². The van der Waals surface area contributed by atoms with Gasteiger partial charge in [0.15, 0.2) is 11.6 Å². The van der Waals surface area contributed by atoms with Crippen molar-refractivity contribution in [2.24, 2.45) is 0 Å². The monoisotopic (exact) mass is 342 g/mol. The molecule has 3 rings (SSSR count). The quantitative estimate of drug-likeness (QED) is 0.742. The molecule has 0 saturated carbocycles. The number of thiophene rings is 1. The average Bonchev–Trinajstić information content (AvgIpc) is 3.16. The number of likely N-dealkylation sites (N-methyl/N-ethyl adjacent to an activating group) is 1. The molecule has 3 aromatic rings. The molecule has 0 radical (unpaired) electrons. The number of amides is 1. The molecule has 1 amide bonds. The molecule has 7 nitrogen and oxygen atoms in total. The Balaban J connectivity index is 2.06. The largest absolute Gasteiger partial charge is 0.311 e. The van der Waals surface area contributed by atoms with Gasteiger partial charge >= 0.3 is 0 Å². The average molecular weight is 342 g/mol. The summed E-state index contributed by atoms with van der Waals surface area (Å²) in [7, 11) is 1.72. The number of aryl methyl sites for hydroxylation is 2. The van der Waals surface area contributed by atoms with Crippen LogP contribution in [-0.2, 0) is 4.79 Å². The molecule has 0 spiro atoms. The summed E-state index contributed by atoms with van der Waals surface area (Å²) < 4.78 is 1.75. The molecule has 0 aromatic carbocycles.